The summed E-state index contributed by atoms with van der Waals surface area (Å²) in [5.41, 5.74) is 0.425. The average molecular weight is 257 g/mol. The first-order valence-electron chi connectivity index (χ1n) is 6.14. The van der Waals surface area contributed by atoms with Gasteiger partial charge in [-0.15, -0.1) is 0 Å². The minimum atomic E-state index is -0.421. The van der Waals surface area contributed by atoms with Gasteiger partial charge in [-0.05, 0) is 42.8 Å². The molecule has 0 aliphatic heterocycles. The maximum Gasteiger partial charge on any atom is 0.345 e. The molecule has 0 bridgehead atoms. The van der Waals surface area contributed by atoms with Gasteiger partial charge in [0.05, 0.1) is 12.2 Å². The van der Waals surface area contributed by atoms with Crippen molar-refractivity contribution >= 4 is 5.97 Å². The molecule has 0 atom stereocenters. The minimum Gasteiger partial charge on any atom is -0.494 e. The van der Waals surface area contributed by atoms with Crippen molar-refractivity contribution in [3.63, 3.8) is 0 Å². The molecule has 0 fully saturated rings. The van der Waals surface area contributed by atoms with Crippen LogP contribution in [0.2, 0.25) is 0 Å². The second-order valence-electron chi connectivity index (χ2n) is 3.95. The van der Waals surface area contributed by atoms with Gasteiger partial charge in [-0.3, -0.25) is 4.98 Å². The molecule has 0 spiro atoms. The number of esters is 1. The Morgan fingerprint density at radius 3 is 2.53 bits per heavy atom. The van der Waals surface area contributed by atoms with Crippen molar-refractivity contribution in [3.8, 4) is 11.5 Å². The van der Waals surface area contributed by atoms with Crippen molar-refractivity contribution in [3.05, 3.63) is 54.4 Å². The van der Waals surface area contributed by atoms with Crippen LogP contribution in [0.25, 0.3) is 0 Å². The highest BCUT2D eigenvalue weighted by Gasteiger charge is 2.08. The van der Waals surface area contributed by atoms with Crippen molar-refractivity contribution in [2.75, 3.05) is 6.61 Å². The molecule has 0 radical (unpaired) electrons. The molecule has 98 valence electrons. The molecule has 4 heteroatoms. The highest BCUT2D eigenvalue weighted by atomic mass is 16.5. The van der Waals surface area contributed by atoms with Crippen LogP contribution in [0.5, 0.6) is 11.5 Å². The van der Waals surface area contributed by atoms with Crippen LogP contribution in [-0.2, 0) is 0 Å². The number of carbonyl (C=O) groups is 1. The third kappa shape index (κ3) is 3.81. The number of carbonyl (C=O) groups excluding carboxylic acids is 1. The highest BCUT2D eigenvalue weighted by molar-refractivity contribution is 5.90. The summed E-state index contributed by atoms with van der Waals surface area (Å²) in [4.78, 5) is 15.7. The number of hydrogen-bond acceptors (Lipinski definition) is 4. The molecule has 0 unspecified atom stereocenters. The average Bonchev–Trinajstić information content (AvgIpc) is 2.47. The Morgan fingerprint density at radius 1 is 1.16 bits per heavy atom. The van der Waals surface area contributed by atoms with E-state index in [2.05, 4.69) is 4.98 Å². The summed E-state index contributed by atoms with van der Waals surface area (Å²) in [6.45, 7) is 2.72. The Morgan fingerprint density at radius 2 is 1.89 bits per heavy atom. The zero-order chi connectivity index (χ0) is 13.5. The molecular formula is C15H15NO3. The second kappa shape index (κ2) is 6.54. The quantitative estimate of drug-likeness (QED) is 0.610. The van der Waals surface area contributed by atoms with Crippen LogP contribution >= 0.6 is 0 Å². The summed E-state index contributed by atoms with van der Waals surface area (Å²) in [6, 6.07) is 10.3. The van der Waals surface area contributed by atoms with Crippen LogP contribution in [-0.4, -0.2) is 17.6 Å². The Balaban J connectivity index is 1.98. The molecule has 2 rings (SSSR count). The number of benzene rings is 1. The molecule has 4 nitrogen and oxygen atoms in total. The third-order valence-corrected chi connectivity index (χ3v) is 2.40. The van der Waals surface area contributed by atoms with Crippen LogP contribution in [0.4, 0.5) is 0 Å². The van der Waals surface area contributed by atoms with E-state index in [1.807, 2.05) is 6.92 Å². The lowest BCUT2D eigenvalue weighted by Crippen LogP contribution is -2.08. The maximum absolute atomic E-state index is 11.8. The van der Waals surface area contributed by atoms with Gasteiger partial charge in [-0.25, -0.2) is 4.79 Å². The smallest absolute Gasteiger partial charge is 0.345 e. The van der Waals surface area contributed by atoms with Crippen LogP contribution in [0, 0.1) is 0 Å². The summed E-state index contributed by atoms with van der Waals surface area (Å²) >= 11 is 0. The number of aromatic nitrogens is 1. The lowest BCUT2D eigenvalue weighted by atomic mass is 10.3. The molecule has 19 heavy (non-hydrogen) atoms. The number of pyridine rings is 1. The van der Waals surface area contributed by atoms with Crippen molar-refractivity contribution < 1.29 is 14.3 Å². The molecule has 2 aromatic rings. The molecule has 0 N–H and O–H groups in total. The Labute approximate surface area is 112 Å². The lowest BCUT2D eigenvalue weighted by molar-refractivity contribution is 0.0734. The summed E-state index contributed by atoms with van der Waals surface area (Å²) < 4.78 is 10.7. The number of nitrogens with zero attached hydrogens (tertiary/aromatic N) is 1. The first kappa shape index (κ1) is 13.1. The summed E-state index contributed by atoms with van der Waals surface area (Å²) in [5, 5.41) is 0. The topological polar surface area (TPSA) is 48.4 Å². The molecule has 1 aromatic heterocycles. The SMILES string of the molecule is CCCOc1ccc(OC(=O)c2cccnc2)cc1. The van der Waals surface area contributed by atoms with Crippen LogP contribution in [0.1, 0.15) is 23.7 Å². The Kier molecular flexibility index (Phi) is 4.50. The summed E-state index contributed by atoms with van der Waals surface area (Å²) in [5.74, 6) is 0.830. The van der Waals surface area contributed by atoms with Crippen molar-refractivity contribution in [1.82, 2.24) is 4.98 Å². The van der Waals surface area contributed by atoms with Gasteiger partial charge in [0.25, 0.3) is 0 Å². The molecule has 0 aliphatic rings. The van der Waals surface area contributed by atoms with E-state index in [1.165, 1.54) is 6.20 Å². The number of ether oxygens (including phenoxy) is 2. The van der Waals surface area contributed by atoms with Crippen LogP contribution in [0.15, 0.2) is 48.8 Å². The van der Waals surface area contributed by atoms with Gasteiger partial charge in [-0.1, -0.05) is 6.92 Å². The predicted molar refractivity (Wildman–Crippen MR) is 71.4 cm³/mol. The van der Waals surface area contributed by atoms with E-state index in [-0.39, 0.29) is 0 Å². The van der Waals surface area contributed by atoms with Gasteiger partial charge in [0.15, 0.2) is 0 Å². The van der Waals surface area contributed by atoms with Gasteiger partial charge in [0, 0.05) is 12.4 Å². The fourth-order valence-electron chi connectivity index (χ4n) is 1.47. The first-order chi connectivity index (χ1) is 9.29. The maximum atomic E-state index is 11.8. The van der Waals surface area contributed by atoms with Gasteiger partial charge in [-0.2, -0.15) is 0 Å². The van der Waals surface area contributed by atoms with E-state index in [1.54, 1.807) is 42.6 Å². The van der Waals surface area contributed by atoms with Gasteiger partial charge in [0.2, 0.25) is 0 Å². The molecule has 1 heterocycles. The van der Waals surface area contributed by atoms with Gasteiger partial charge < -0.3 is 9.47 Å². The molecule has 0 amide bonds. The fraction of sp³-hybridized carbons (Fsp3) is 0.200. The van der Waals surface area contributed by atoms with Gasteiger partial charge in [0.1, 0.15) is 11.5 Å². The minimum absolute atomic E-state index is 0.421. The zero-order valence-electron chi connectivity index (χ0n) is 10.7. The van der Waals surface area contributed by atoms with E-state index in [4.69, 9.17) is 9.47 Å². The predicted octanol–water partition coefficient (Wildman–Crippen LogP) is 3.09. The van der Waals surface area contributed by atoms with E-state index in [9.17, 15) is 4.79 Å². The number of rotatable bonds is 5. The van der Waals surface area contributed by atoms with Crippen molar-refractivity contribution in [2.24, 2.45) is 0 Å². The Bertz CT molecular complexity index is 523. The first-order valence-corrected chi connectivity index (χ1v) is 6.14. The fourth-order valence-corrected chi connectivity index (χ4v) is 1.47. The van der Waals surface area contributed by atoms with E-state index < -0.39 is 5.97 Å². The molecule has 0 aliphatic carbocycles. The van der Waals surface area contributed by atoms with Crippen LogP contribution in [0.3, 0.4) is 0 Å². The van der Waals surface area contributed by atoms with Gasteiger partial charge >= 0.3 is 5.97 Å². The molecule has 0 saturated heterocycles. The largest absolute Gasteiger partial charge is 0.494 e. The second-order valence-corrected chi connectivity index (χ2v) is 3.95. The molecule has 1 aromatic carbocycles. The highest BCUT2D eigenvalue weighted by Crippen LogP contribution is 2.18. The summed E-state index contributed by atoms with van der Waals surface area (Å²) in [6.07, 6.45) is 4.04. The van der Waals surface area contributed by atoms with Crippen molar-refractivity contribution in [2.45, 2.75) is 13.3 Å². The lowest BCUT2D eigenvalue weighted by Gasteiger charge is -2.06. The van der Waals surface area contributed by atoms with Crippen LogP contribution < -0.4 is 9.47 Å². The third-order valence-electron chi connectivity index (χ3n) is 2.40. The standard InChI is InChI=1S/C15H15NO3/c1-2-10-18-13-5-7-14(8-6-13)19-15(17)12-4-3-9-16-11-12/h3-9,11H,2,10H2,1H3. The summed E-state index contributed by atoms with van der Waals surface area (Å²) in [7, 11) is 0. The zero-order valence-corrected chi connectivity index (χ0v) is 10.7. The normalized spacial score (nSPS) is 9.95. The number of hydrogen-bond donors (Lipinski definition) is 0. The van der Waals surface area contributed by atoms with E-state index in [0.717, 1.165) is 12.2 Å². The monoisotopic (exact) mass is 257 g/mol. The van der Waals surface area contributed by atoms with Crippen molar-refractivity contribution in [1.29, 1.82) is 0 Å². The Hall–Kier alpha value is -2.36. The van der Waals surface area contributed by atoms with E-state index >= 15 is 0 Å². The van der Waals surface area contributed by atoms with E-state index in [0.29, 0.717) is 17.9 Å². The molecule has 0 saturated carbocycles. The molecular weight excluding hydrogens is 242 g/mol.